The molecule has 3 N–H and O–H groups in total. The standard InChI is InChI=1S/C40H39N7O4S2/c1-51-40(50)45-36(26-12-6-3-7-13-26)39(49)47-21-9-15-30(47)38-42-24-28(44-38)32-17-19-34(53-32)33-18-16-31(52-33)27-23-41-37(43-27)29-14-8-20-46(29)35(48)22-25-10-4-2-5-11-25/h2-7,10-13,16-19,23-24,29-30,36H,8-9,14-15,20-22H2,1H3,(H,41,43)(H,42,44)(H,45,50)/t29-,30-,36+/m0/s1. The van der Waals surface area contributed by atoms with Crippen molar-refractivity contribution in [2.45, 2.75) is 50.2 Å². The number of rotatable bonds is 10. The summed E-state index contributed by atoms with van der Waals surface area (Å²) in [5, 5.41) is 2.72. The number of aromatic nitrogens is 4. The van der Waals surface area contributed by atoms with E-state index in [0.29, 0.717) is 18.5 Å². The van der Waals surface area contributed by atoms with E-state index in [1.165, 1.54) is 7.11 Å². The van der Waals surface area contributed by atoms with Crippen molar-refractivity contribution in [3.05, 3.63) is 120 Å². The van der Waals surface area contributed by atoms with Crippen molar-refractivity contribution in [3.63, 3.8) is 0 Å². The van der Waals surface area contributed by atoms with Gasteiger partial charge in [-0.25, -0.2) is 14.8 Å². The van der Waals surface area contributed by atoms with Crippen LogP contribution in [-0.4, -0.2) is 67.8 Å². The largest absolute Gasteiger partial charge is 0.453 e. The lowest BCUT2D eigenvalue weighted by molar-refractivity contribution is -0.134. The molecule has 3 amide bonds. The number of carbonyl (C=O) groups excluding carboxylic acids is 3. The van der Waals surface area contributed by atoms with Gasteiger partial charge in [0.25, 0.3) is 5.91 Å². The predicted molar refractivity (Wildman–Crippen MR) is 205 cm³/mol. The van der Waals surface area contributed by atoms with E-state index in [2.05, 4.69) is 39.6 Å². The first-order valence-electron chi connectivity index (χ1n) is 17.8. The summed E-state index contributed by atoms with van der Waals surface area (Å²) in [6, 6.07) is 26.4. The highest BCUT2D eigenvalue weighted by Gasteiger charge is 2.37. The smallest absolute Gasteiger partial charge is 0.407 e. The number of hydrogen-bond acceptors (Lipinski definition) is 8. The van der Waals surface area contributed by atoms with E-state index < -0.39 is 12.1 Å². The summed E-state index contributed by atoms with van der Waals surface area (Å²) in [6.45, 7) is 1.31. The molecule has 3 atom stereocenters. The van der Waals surface area contributed by atoms with Crippen LogP contribution in [0.5, 0.6) is 0 Å². The molecule has 6 heterocycles. The normalized spacial score (nSPS) is 17.6. The highest BCUT2D eigenvalue weighted by Crippen LogP contribution is 2.41. The first-order chi connectivity index (χ1) is 25.9. The van der Waals surface area contributed by atoms with Gasteiger partial charge >= 0.3 is 6.09 Å². The van der Waals surface area contributed by atoms with E-state index in [0.717, 1.165) is 80.3 Å². The van der Waals surface area contributed by atoms with Crippen molar-refractivity contribution in [2.24, 2.45) is 0 Å². The third-order valence-electron chi connectivity index (χ3n) is 9.94. The fraction of sp³-hybridized carbons (Fsp3) is 0.275. The molecule has 0 unspecified atom stereocenters. The summed E-state index contributed by atoms with van der Waals surface area (Å²) < 4.78 is 4.83. The summed E-state index contributed by atoms with van der Waals surface area (Å²) >= 11 is 3.38. The van der Waals surface area contributed by atoms with Gasteiger partial charge < -0.3 is 29.8 Å². The molecule has 2 aliphatic rings. The number of nitrogens with zero attached hydrogens (tertiary/aromatic N) is 4. The third-order valence-corrected chi connectivity index (χ3v) is 12.4. The molecule has 0 aliphatic carbocycles. The maximum absolute atomic E-state index is 13.9. The van der Waals surface area contributed by atoms with Gasteiger partial charge in [-0.15, -0.1) is 22.7 Å². The van der Waals surface area contributed by atoms with Crippen molar-refractivity contribution in [1.82, 2.24) is 35.1 Å². The molecule has 0 bridgehead atoms. The Morgan fingerprint density at radius 1 is 0.755 bits per heavy atom. The minimum Gasteiger partial charge on any atom is -0.453 e. The molecule has 0 saturated carbocycles. The van der Waals surface area contributed by atoms with Gasteiger partial charge in [0.15, 0.2) is 0 Å². The lowest BCUT2D eigenvalue weighted by Gasteiger charge is -2.28. The second kappa shape index (κ2) is 15.2. The lowest BCUT2D eigenvalue weighted by atomic mass is 10.1. The Labute approximate surface area is 315 Å². The van der Waals surface area contributed by atoms with Gasteiger partial charge in [-0.2, -0.15) is 0 Å². The summed E-state index contributed by atoms with van der Waals surface area (Å²) in [7, 11) is 1.29. The first kappa shape index (κ1) is 34.6. The Balaban J connectivity index is 0.945. The second-order valence-electron chi connectivity index (χ2n) is 13.3. The summed E-state index contributed by atoms with van der Waals surface area (Å²) in [4.78, 5) is 64.0. The number of nitrogens with one attached hydrogen (secondary N) is 3. The number of likely N-dealkylation sites (tertiary alicyclic amines) is 2. The monoisotopic (exact) mass is 745 g/mol. The van der Waals surface area contributed by atoms with Crippen LogP contribution in [0.15, 0.2) is 97.3 Å². The average Bonchev–Trinajstić information content (AvgIpc) is 4.04. The number of methoxy groups -OCH3 is 1. The van der Waals surface area contributed by atoms with Gasteiger partial charge in [-0.3, -0.25) is 9.59 Å². The molecule has 2 saturated heterocycles. The Kier molecular flexibility index (Phi) is 9.92. The number of H-pyrrole nitrogens is 2. The second-order valence-corrected chi connectivity index (χ2v) is 15.4. The zero-order valence-corrected chi connectivity index (χ0v) is 30.8. The fourth-order valence-electron chi connectivity index (χ4n) is 7.30. The summed E-state index contributed by atoms with van der Waals surface area (Å²) in [5.41, 5.74) is 3.55. The van der Waals surface area contributed by atoms with Gasteiger partial charge in [0, 0.05) is 22.8 Å². The Morgan fingerprint density at radius 2 is 1.28 bits per heavy atom. The number of thiophene rings is 2. The van der Waals surface area contributed by atoms with Gasteiger partial charge in [-0.1, -0.05) is 60.7 Å². The molecular formula is C40H39N7O4S2. The molecule has 270 valence electrons. The van der Waals surface area contributed by atoms with Crippen molar-refractivity contribution in [3.8, 4) is 30.9 Å². The van der Waals surface area contributed by atoms with Crippen LogP contribution in [0.25, 0.3) is 30.9 Å². The molecule has 53 heavy (non-hydrogen) atoms. The number of carbonyl (C=O) groups is 3. The van der Waals surface area contributed by atoms with Crippen molar-refractivity contribution in [2.75, 3.05) is 20.2 Å². The van der Waals surface area contributed by atoms with Crippen LogP contribution in [-0.2, 0) is 20.7 Å². The molecule has 0 spiro atoms. The van der Waals surface area contributed by atoms with Gasteiger partial charge in [0.05, 0.1) is 59.2 Å². The van der Waals surface area contributed by atoms with Crippen LogP contribution in [0, 0.1) is 0 Å². The van der Waals surface area contributed by atoms with Crippen LogP contribution >= 0.6 is 22.7 Å². The Bertz CT molecular complexity index is 2210. The molecule has 0 radical (unpaired) electrons. The van der Waals surface area contributed by atoms with E-state index in [1.54, 1.807) is 27.6 Å². The number of alkyl carbamates (subject to hydrolysis) is 1. The Hall–Kier alpha value is -5.53. The minimum absolute atomic E-state index is 0.0465. The van der Waals surface area contributed by atoms with E-state index in [4.69, 9.17) is 14.7 Å². The van der Waals surface area contributed by atoms with Crippen molar-refractivity contribution in [1.29, 1.82) is 0 Å². The molecule has 8 rings (SSSR count). The van der Waals surface area contributed by atoms with Crippen LogP contribution in [0.4, 0.5) is 4.79 Å². The lowest BCUT2D eigenvalue weighted by Crippen LogP contribution is -2.42. The minimum atomic E-state index is -0.867. The molecule has 2 aliphatic heterocycles. The topological polar surface area (TPSA) is 136 Å². The van der Waals surface area contributed by atoms with E-state index in [1.807, 2.05) is 78.0 Å². The highest BCUT2D eigenvalue weighted by atomic mass is 32.1. The molecule has 2 aromatic carbocycles. The number of aromatic amines is 2. The van der Waals surface area contributed by atoms with Crippen molar-refractivity contribution < 1.29 is 19.1 Å². The molecule has 4 aromatic heterocycles. The van der Waals surface area contributed by atoms with Gasteiger partial charge in [0.2, 0.25) is 5.91 Å². The van der Waals surface area contributed by atoms with Crippen LogP contribution in [0.1, 0.15) is 66.6 Å². The zero-order valence-electron chi connectivity index (χ0n) is 29.2. The highest BCUT2D eigenvalue weighted by molar-refractivity contribution is 7.25. The number of hydrogen-bond donors (Lipinski definition) is 3. The first-order valence-corrected chi connectivity index (χ1v) is 19.4. The van der Waals surface area contributed by atoms with Crippen LogP contribution in [0.2, 0.25) is 0 Å². The predicted octanol–water partition coefficient (Wildman–Crippen LogP) is 7.92. The summed E-state index contributed by atoms with van der Waals surface area (Å²) in [6.07, 6.45) is 6.90. The van der Waals surface area contributed by atoms with Crippen LogP contribution in [0.3, 0.4) is 0 Å². The quantitative estimate of drug-likeness (QED) is 0.130. The SMILES string of the molecule is COC(=O)N[C@@H](C(=O)N1CCC[C@H]1c1ncc(-c2ccc(-c3ccc(-c4cnc([C@@H]5CCCN5C(=O)Cc5ccccc5)[nH]4)s3)s2)[nH]1)c1ccccc1. The van der Waals surface area contributed by atoms with Crippen molar-refractivity contribution >= 4 is 40.6 Å². The zero-order chi connectivity index (χ0) is 36.3. The number of ether oxygens (including phenoxy) is 1. The van der Waals surface area contributed by atoms with E-state index >= 15 is 0 Å². The van der Waals surface area contributed by atoms with Gasteiger partial charge in [0.1, 0.15) is 17.7 Å². The van der Waals surface area contributed by atoms with Gasteiger partial charge in [-0.05, 0) is 61.1 Å². The summed E-state index contributed by atoms with van der Waals surface area (Å²) in [5.74, 6) is 1.49. The molecule has 13 heteroatoms. The van der Waals surface area contributed by atoms with Crippen LogP contribution < -0.4 is 5.32 Å². The number of benzene rings is 2. The molecule has 2 fully saturated rings. The molecular weight excluding hydrogens is 707 g/mol. The maximum atomic E-state index is 13.9. The fourth-order valence-corrected chi connectivity index (χ4v) is 9.34. The average molecular weight is 746 g/mol. The van der Waals surface area contributed by atoms with E-state index in [-0.39, 0.29) is 23.9 Å². The third kappa shape index (κ3) is 7.26. The Morgan fingerprint density at radius 3 is 1.87 bits per heavy atom. The van der Waals surface area contributed by atoms with E-state index in [9.17, 15) is 14.4 Å². The molecule has 11 nitrogen and oxygen atoms in total. The molecule has 6 aromatic rings. The number of imidazole rings is 2. The maximum Gasteiger partial charge on any atom is 0.407 e. The number of amides is 3.